The lowest BCUT2D eigenvalue weighted by molar-refractivity contribution is -0.131. The number of methoxy groups -OCH3 is 1. The van der Waals surface area contributed by atoms with Crippen molar-refractivity contribution in [1.82, 2.24) is 4.90 Å². The molecule has 0 saturated carbocycles. The van der Waals surface area contributed by atoms with E-state index in [0.717, 1.165) is 11.3 Å². The number of rotatable bonds is 8. The molecule has 24 heavy (non-hydrogen) atoms. The Morgan fingerprint density at radius 3 is 2.21 bits per heavy atom. The molecule has 0 radical (unpaired) electrons. The molecule has 0 bridgehead atoms. The van der Waals surface area contributed by atoms with Gasteiger partial charge in [-0.05, 0) is 24.6 Å². The second-order valence-corrected chi connectivity index (χ2v) is 5.55. The van der Waals surface area contributed by atoms with Crippen molar-refractivity contribution in [2.75, 3.05) is 13.7 Å². The normalized spacial score (nSPS) is 10.2. The Hall–Kier alpha value is -2.62. The fourth-order valence-electron chi connectivity index (χ4n) is 2.47. The maximum absolute atomic E-state index is 12.4. The molecule has 2 aromatic rings. The van der Waals surface area contributed by atoms with Gasteiger partial charge in [0.2, 0.25) is 5.91 Å². The largest absolute Gasteiger partial charge is 0.497 e. The Bertz CT molecular complexity index is 665. The maximum atomic E-state index is 12.4. The van der Waals surface area contributed by atoms with E-state index in [4.69, 9.17) is 4.74 Å². The van der Waals surface area contributed by atoms with Crippen LogP contribution in [0, 0.1) is 0 Å². The van der Waals surface area contributed by atoms with Gasteiger partial charge in [0.1, 0.15) is 5.75 Å². The van der Waals surface area contributed by atoms with Crippen LogP contribution in [0.2, 0.25) is 0 Å². The van der Waals surface area contributed by atoms with Crippen LogP contribution >= 0.6 is 0 Å². The number of amides is 1. The zero-order valence-electron chi connectivity index (χ0n) is 14.2. The van der Waals surface area contributed by atoms with Gasteiger partial charge in [0.15, 0.2) is 5.78 Å². The third kappa shape index (κ3) is 4.95. The molecule has 0 atom stereocenters. The monoisotopic (exact) mass is 325 g/mol. The summed E-state index contributed by atoms with van der Waals surface area (Å²) in [4.78, 5) is 26.3. The van der Waals surface area contributed by atoms with Crippen molar-refractivity contribution in [3.05, 3.63) is 65.7 Å². The van der Waals surface area contributed by atoms with Gasteiger partial charge < -0.3 is 9.64 Å². The van der Waals surface area contributed by atoms with Gasteiger partial charge in [-0.25, -0.2) is 0 Å². The van der Waals surface area contributed by atoms with Gasteiger partial charge in [0.05, 0.1) is 7.11 Å². The van der Waals surface area contributed by atoms with E-state index in [1.54, 1.807) is 24.1 Å². The Morgan fingerprint density at radius 1 is 0.958 bits per heavy atom. The van der Waals surface area contributed by atoms with E-state index < -0.39 is 0 Å². The molecular weight excluding hydrogens is 302 g/mol. The van der Waals surface area contributed by atoms with Crippen molar-refractivity contribution in [2.24, 2.45) is 0 Å². The van der Waals surface area contributed by atoms with Gasteiger partial charge in [0, 0.05) is 31.5 Å². The Labute approximate surface area is 143 Å². The number of Topliss-reactive ketones (excluding diaryl/α,β-unsaturated/α-hetero) is 1. The fraction of sp³-hybridized carbons (Fsp3) is 0.300. The molecule has 1 amide bonds. The number of hydrogen-bond donors (Lipinski definition) is 0. The SMILES string of the molecule is CCN(Cc1ccc(OC)cc1)C(=O)CCC(=O)c1ccccc1. The lowest BCUT2D eigenvalue weighted by atomic mass is 10.1. The van der Waals surface area contributed by atoms with E-state index in [1.807, 2.05) is 49.4 Å². The second kappa shape index (κ2) is 8.87. The highest BCUT2D eigenvalue weighted by Gasteiger charge is 2.15. The minimum atomic E-state index is -0.00222. The van der Waals surface area contributed by atoms with Gasteiger partial charge in [0.25, 0.3) is 0 Å². The van der Waals surface area contributed by atoms with Crippen molar-refractivity contribution in [3.8, 4) is 5.75 Å². The van der Waals surface area contributed by atoms with Crippen LogP contribution in [0.3, 0.4) is 0 Å². The van der Waals surface area contributed by atoms with E-state index in [-0.39, 0.29) is 24.5 Å². The lowest BCUT2D eigenvalue weighted by Crippen LogP contribution is -2.30. The number of hydrogen-bond acceptors (Lipinski definition) is 3. The molecule has 0 fully saturated rings. The molecule has 0 aliphatic heterocycles. The van der Waals surface area contributed by atoms with Crippen LogP contribution in [0.25, 0.3) is 0 Å². The van der Waals surface area contributed by atoms with Crippen LogP contribution in [0.4, 0.5) is 0 Å². The van der Waals surface area contributed by atoms with Crippen LogP contribution in [0.1, 0.15) is 35.7 Å². The molecule has 4 heteroatoms. The van der Waals surface area contributed by atoms with Crippen LogP contribution in [0.15, 0.2) is 54.6 Å². The predicted octanol–water partition coefficient (Wildman–Crippen LogP) is 3.71. The zero-order valence-corrected chi connectivity index (χ0v) is 14.2. The van der Waals surface area contributed by atoms with E-state index in [2.05, 4.69) is 0 Å². The summed E-state index contributed by atoms with van der Waals surface area (Å²) >= 11 is 0. The number of nitrogens with zero attached hydrogens (tertiary/aromatic N) is 1. The third-order valence-corrected chi connectivity index (χ3v) is 3.93. The molecule has 0 heterocycles. The highest BCUT2D eigenvalue weighted by molar-refractivity contribution is 5.97. The quantitative estimate of drug-likeness (QED) is 0.695. The van der Waals surface area contributed by atoms with Gasteiger partial charge in [-0.15, -0.1) is 0 Å². The predicted molar refractivity (Wildman–Crippen MR) is 94.1 cm³/mol. The Balaban J connectivity index is 1.89. The molecule has 0 aromatic heterocycles. The van der Waals surface area contributed by atoms with Crippen molar-refractivity contribution < 1.29 is 14.3 Å². The summed E-state index contributed by atoms with van der Waals surface area (Å²) in [5.74, 6) is 0.795. The molecule has 0 N–H and O–H groups in total. The van der Waals surface area contributed by atoms with E-state index in [9.17, 15) is 9.59 Å². The average molecular weight is 325 g/mol. The van der Waals surface area contributed by atoms with Gasteiger partial charge in [-0.3, -0.25) is 9.59 Å². The van der Waals surface area contributed by atoms with Crippen molar-refractivity contribution in [3.63, 3.8) is 0 Å². The molecule has 2 rings (SSSR count). The molecule has 0 aliphatic rings. The molecular formula is C20H23NO3. The highest BCUT2D eigenvalue weighted by atomic mass is 16.5. The smallest absolute Gasteiger partial charge is 0.223 e. The Morgan fingerprint density at radius 2 is 1.62 bits per heavy atom. The minimum absolute atomic E-state index is 0.00222. The summed E-state index contributed by atoms with van der Waals surface area (Å²) in [5, 5.41) is 0. The lowest BCUT2D eigenvalue weighted by Gasteiger charge is -2.21. The fourth-order valence-corrected chi connectivity index (χ4v) is 2.47. The summed E-state index contributed by atoms with van der Waals surface area (Å²) in [6.07, 6.45) is 0.472. The van der Waals surface area contributed by atoms with E-state index in [1.165, 1.54) is 0 Å². The number of carbonyl (C=O) groups excluding carboxylic acids is 2. The van der Waals surface area contributed by atoms with E-state index >= 15 is 0 Å². The van der Waals surface area contributed by atoms with Crippen molar-refractivity contribution in [1.29, 1.82) is 0 Å². The standard InChI is InChI=1S/C20H23NO3/c1-3-21(15-16-9-11-18(24-2)12-10-16)20(23)14-13-19(22)17-7-5-4-6-8-17/h4-12H,3,13-15H2,1-2H3. The number of ketones is 1. The number of carbonyl (C=O) groups is 2. The molecule has 0 unspecified atom stereocenters. The molecule has 126 valence electrons. The Kier molecular flexibility index (Phi) is 6.55. The van der Waals surface area contributed by atoms with Gasteiger partial charge >= 0.3 is 0 Å². The third-order valence-electron chi connectivity index (χ3n) is 3.93. The van der Waals surface area contributed by atoms with Crippen molar-refractivity contribution in [2.45, 2.75) is 26.3 Å². The summed E-state index contributed by atoms with van der Waals surface area (Å²) in [6, 6.07) is 16.8. The second-order valence-electron chi connectivity index (χ2n) is 5.55. The first-order chi connectivity index (χ1) is 11.6. The molecule has 0 spiro atoms. The maximum Gasteiger partial charge on any atom is 0.223 e. The summed E-state index contributed by atoms with van der Waals surface area (Å²) in [6.45, 7) is 3.10. The molecule has 4 nitrogen and oxygen atoms in total. The van der Waals surface area contributed by atoms with Gasteiger partial charge in [-0.2, -0.15) is 0 Å². The molecule has 0 saturated heterocycles. The van der Waals surface area contributed by atoms with Crippen LogP contribution in [-0.4, -0.2) is 30.2 Å². The molecule has 0 aliphatic carbocycles. The number of benzene rings is 2. The highest BCUT2D eigenvalue weighted by Crippen LogP contribution is 2.14. The van der Waals surface area contributed by atoms with Crippen molar-refractivity contribution >= 4 is 11.7 Å². The first kappa shape index (κ1) is 17.7. The van der Waals surface area contributed by atoms with Crippen LogP contribution < -0.4 is 4.74 Å². The topological polar surface area (TPSA) is 46.6 Å². The number of ether oxygens (including phenoxy) is 1. The van der Waals surface area contributed by atoms with Crippen LogP contribution in [-0.2, 0) is 11.3 Å². The van der Waals surface area contributed by atoms with E-state index in [0.29, 0.717) is 18.7 Å². The summed E-state index contributed by atoms with van der Waals surface area (Å²) < 4.78 is 5.14. The summed E-state index contributed by atoms with van der Waals surface area (Å²) in [5.41, 5.74) is 1.70. The van der Waals surface area contributed by atoms with Crippen LogP contribution in [0.5, 0.6) is 5.75 Å². The minimum Gasteiger partial charge on any atom is -0.497 e. The first-order valence-corrected chi connectivity index (χ1v) is 8.13. The first-order valence-electron chi connectivity index (χ1n) is 8.13. The zero-order chi connectivity index (χ0) is 17.4. The molecule has 2 aromatic carbocycles. The summed E-state index contributed by atoms with van der Waals surface area (Å²) in [7, 11) is 1.63. The van der Waals surface area contributed by atoms with Gasteiger partial charge in [-0.1, -0.05) is 42.5 Å². The average Bonchev–Trinajstić information content (AvgIpc) is 2.65.